The average molecular weight is 308 g/mol. The van der Waals surface area contributed by atoms with Gasteiger partial charge >= 0.3 is 0 Å². The Hall–Kier alpha value is -0.830. The highest BCUT2D eigenvalue weighted by molar-refractivity contribution is 9.10. The molecule has 2 bridgehead atoms. The number of hydrogen-bond acceptors (Lipinski definition) is 1. The minimum Gasteiger partial charge on any atom is -0.325 e. The van der Waals surface area contributed by atoms with Crippen molar-refractivity contribution in [3.05, 3.63) is 28.2 Å². The van der Waals surface area contributed by atoms with Gasteiger partial charge in [-0.1, -0.05) is 18.6 Å². The summed E-state index contributed by atoms with van der Waals surface area (Å²) in [6, 6.07) is 5.98. The smallest absolute Gasteiger partial charge is 0.227 e. The number of anilines is 1. The fraction of sp³-hybridized carbons (Fsp3) is 0.533. The summed E-state index contributed by atoms with van der Waals surface area (Å²) >= 11 is 3.54. The van der Waals surface area contributed by atoms with E-state index in [9.17, 15) is 4.79 Å². The largest absolute Gasteiger partial charge is 0.325 e. The molecule has 1 amide bonds. The Labute approximate surface area is 116 Å². The van der Waals surface area contributed by atoms with E-state index in [1.54, 1.807) is 0 Å². The summed E-state index contributed by atoms with van der Waals surface area (Å²) in [7, 11) is 0. The summed E-state index contributed by atoms with van der Waals surface area (Å²) in [5, 5.41) is 3.09. The Bertz CT molecular complexity index is 485. The maximum absolute atomic E-state index is 12.3. The molecule has 3 rings (SSSR count). The van der Waals surface area contributed by atoms with Gasteiger partial charge < -0.3 is 5.32 Å². The van der Waals surface area contributed by atoms with Crippen LogP contribution in [0.2, 0.25) is 0 Å². The number of rotatable bonds is 2. The molecule has 18 heavy (non-hydrogen) atoms. The summed E-state index contributed by atoms with van der Waals surface area (Å²) in [5.74, 6) is 1.91. The second-order valence-corrected chi connectivity index (χ2v) is 6.50. The lowest BCUT2D eigenvalue weighted by Crippen LogP contribution is -2.27. The van der Waals surface area contributed by atoms with E-state index in [1.807, 2.05) is 25.1 Å². The molecule has 3 heteroatoms. The van der Waals surface area contributed by atoms with Crippen LogP contribution >= 0.6 is 15.9 Å². The zero-order chi connectivity index (χ0) is 12.7. The fourth-order valence-corrected chi connectivity index (χ4v) is 3.90. The standard InChI is InChI=1S/C15H18BrNO/c1-9-3-2-4-13(14(9)16)17-15(18)12-8-10-5-6-11(12)7-10/h2-4,10-12H,5-8H2,1H3,(H,17,18). The molecule has 2 nitrogen and oxygen atoms in total. The van der Waals surface area contributed by atoms with Crippen LogP contribution in [0.3, 0.4) is 0 Å². The van der Waals surface area contributed by atoms with Crippen LogP contribution in [0.1, 0.15) is 31.2 Å². The number of hydrogen-bond donors (Lipinski definition) is 1. The molecular formula is C15H18BrNO. The second-order valence-electron chi connectivity index (χ2n) is 5.71. The highest BCUT2D eigenvalue weighted by Gasteiger charge is 2.43. The van der Waals surface area contributed by atoms with E-state index in [0.29, 0.717) is 5.92 Å². The molecule has 0 saturated heterocycles. The third kappa shape index (κ3) is 2.09. The van der Waals surface area contributed by atoms with E-state index < -0.39 is 0 Å². The van der Waals surface area contributed by atoms with Gasteiger partial charge in [-0.25, -0.2) is 0 Å². The van der Waals surface area contributed by atoms with Crippen LogP contribution in [-0.2, 0) is 4.79 Å². The molecule has 1 aromatic rings. The number of carbonyl (C=O) groups excluding carboxylic acids is 1. The van der Waals surface area contributed by atoms with Gasteiger partial charge in [0.1, 0.15) is 0 Å². The normalized spacial score (nSPS) is 29.6. The first kappa shape index (κ1) is 12.2. The zero-order valence-corrected chi connectivity index (χ0v) is 12.2. The predicted molar refractivity (Wildman–Crippen MR) is 76.4 cm³/mol. The van der Waals surface area contributed by atoms with Crippen molar-refractivity contribution >= 4 is 27.5 Å². The van der Waals surface area contributed by atoms with Gasteiger partial charge in [0.15, 0.2) is 0 Å². The number of fused-ring (bicyclic) bond motifs is 2. The Morgan fingerprint density at radius 3 is 2.83 bits per heavy atom. The summed E-state index contributed by atoms with van der Waals surface area (Å²) in [5.41, 5.74) is 2.06. The molecular weight excluding hydrogens is 290 g/mol. The quantitative estimate of drug-likeness (QED) is 0.874. The van der Waals surface area contributed by atoms with E-state index in [1.165, 1.54) is 19.3 Å². The van der Waals surface area contributed by atoms with Gasteiger partial charge in [-0.2, -0.15) is 0 Å². The highest BCUT2D eigenvalue weighted by Crippen LogP contribution is 2.48. The van der Waals surface area contributed by atoms with Gasteiger partial charge in [0.2, 0.25) is 5.91 Å². The number of amides is 1. The molecule has 0 radical (unpaired) electrons. The van der Waals surface area contributed by atoms with Crippen LogP contribution in [0.15, 0.2) is 22.7 Å². The molecule has 2 fully saturated rings. The molecule has 3 atom stereocenters. The van der Waals surface area contributed by atoms with Crippen molar-refractivity contribution in [1.82, 2.24) is 0 Å². The maximum atomic E-state index is 12.3. The van der Waals surface area contributed by atoms with Crippen LogP contribution in [-0.4, -0.2) is 5.91 Å². The van der Waals surface area contributed by atoms with Crippen molar-refractivity contribution < 1.29 is 4.79 Å². The monoisotopic (exact) mass is 307 g/mol. The molecule has 0 spiro atoms. The maximum Gasteiger partial charge on any atom is 0.227 e. The first-order valence-electron chi connectivity index (χ1n) is 6.71. The molecule has 3 unspecified atom stereocenters. The Balaban J connectivity index is 1.73. The number of aryl methyl sites for hydroxylation is 1. The SMILES string of the molecule is Cc1cccc(NC(=O)C2CC3CCC2C3)c1Br. The Morgan fingerprint density at radius 1 is 1.33 bits per heavy atom. The molecule has 1 N–H and O–H groups in total. The average Bonchev–Trinajstić information content (AvgIpc) is 2.97. The molecule has 0 aliphatic heterocycles. The minimum atomic E-state index is 0.216. The summed E-state index contributed by atoms with van der Waals surface area (Å²) in [4.78, 5) is 12.3. The van der Waals surface area contributed by atoms with E-state index >= 15 is 0 Å². The van der Waals surface area contributed by atoms with Crippen molar-refractivity contribution in [3.63, 3.8) is 0 Å². The Kier molecular flexibility index (Phi) is 3.18. The van der Waals surface area contributed by atoms with Crippen molar-refractivity contribution in [2.75, 3.05) is 5.32 Å². The Morgan fingerprint density at radius 2 is 2.17 bits per heavy atom. The van der Waals surface area contributed by atoms with Crippen molar-refractivity contribution in [1.29, 1.82) is 0 Å². The van der Waals surface area contributed by atoms with Gasteiger partial charge in [-0.05, 0) is 65.6 Å². The van der Waals surface area contributed by atoms with Crippen LogP contribution in [0, 0.1) is 24.7 Å². The topological polar surface area (TPSA) is 29.1 Å². The van der Waals surface area contributed by atoms with Crippen molar-refractivity contribution in [3.8, 4) is 0 Å². The summed E-state index contributed by atoms with van der Waals surface area (Å²) in [6.45, 7) is 2.04. The van der Waals surface area contributed by atoms with Crippen molar-refractivity contribution in [2.24, 2.45) is 17.8 Å². The summed E-state index contributed by atoms with van der Waals surface area (Å²) < 4.78 is 1.00. The first-order chi connectivity index (χ1) is 8.65. The van der Waals surface area contributed by atoms with Gasteiger partial charge in [0, 0.05) is 10.4 Å². The predicted octanol–water partition coefficient (Wildman–Crippen LogP) is 4.13. The van der Waals surface area contributed by atoms with E-state index in [4.69, 9.17) is 0 Å². The lowest BCUT2D eigenvalue weighted by atomic mass is 9.88. The lowest BCUT2D eigenvalue weighted by molar-refractivity contribution is -0.121. The van der Waals surface area contributed by atoms with Crippen LogP contribution < -0.4 is 5.32 Å². The molecule has 1 aromatic carbocycles. The van der Waals surface area contributed by atoms with Gasteiger partial charge in [0.05, 0.1) is 5.69 Å². The van der Waals surface area contributed by atoms with Crippen LogP contribution in [0.25, 0.3) is 0 Å². The van der Waals surface area contributed by atoms with E-state index in [-0.39, 0.29) is 11.8 Å². The third-order valence-corrected chi connectivity index (χ3v) is 5.58. The molecule has 0 heterocycles. The van der Waals surface area contributed by atoms with E-state index in [2.05, 4.69) is 21.2 Å². The van der Waals surface area contributed by atoms with Gasteiger partial charge in [-0.3, -0.25) is 4.79 Å². The molecule has 0 aromatic heterocycles. The van der Waals surface area contributed by atoms with Crippen LogP contribution in [0.5, 0.6) is 0 Å². The number of nitrogens with one attached hydrogen (secondary N) is 1. The van der Waals surface area contributed by atoms with Crippen LogP contribution in [0.4, 0.5) is 5.69 Å². The van der Waals surface area contributed by atoms with Crippen molar-refractivity contribution in [2.45, 2.75) is 32.6 Å². The number of halogens is 1. The van der Waals surface area contributed by atoms with Gasteiger partial charge in [-0.15, -0.1) is 0 Å². The molecule has 96 valence electrons. The lowest BCUT2D eigenvalue weighted by Gasteiger charge is -2.21. The fourth-order valence-electron chi connectivity index (χ4n) is 3.54. The number of benzene rings is 1. The first-order valence-corrected chi connectivity index (χ1v) is 7.50. The van der Waals surface area contributed by atoms with E-state index in [0.717, 1.165) is 28.1 Å². The zero-order valence-electron chi connectivity index (χ0n) is 10.6. The molecule has 2 aliphatic rings. The number of carbonyl (C=O) groups is 1. The third-order valence-electron chi connectivity index (χ3n) is 4.52. The summed E-state index contributed by atoms with van der Waals surface area (Å²) in [6.07, 6.45) is 4.95. The highest BCUT2D eigenvalue weighted by atomic mass is 79.9. The molecule has 2 aliphatic carbocycles. The second kappa shape index (κ2) is 4.69. The minimum absolute atomic E-state index is 0.216. The molecule has 2 saturated carbocycles. The van der Waals surface area contributed by atoms with Gasteiger partial charge in [0.25, 0.3) is 0 Å².